The number of carbonyl (C=O) groups excluding carboxylic acids is 1. The summed E-state index contributed by atoms with van der Waals surface area (Å²) >= 11 is 2.00. The first kappa shape index (κ1) is 16.8. The minimum atomic E-state index is -0.0895. The van der Waals surface area contributed by atoms with Crippen LogP contribution in [0.15, 0.2) is 36.9 Å². The van der Waals surface area contributed by atoms with E-state index in [-0.39, 0.29) is 6.03 Å². The van der Waals surface area contributed by atoms with Crippen LogP contribution in [0.2, 0.25) is 0 Å². The summed E-state index contributed by atoms with van der Waals surface area (Å²) in [7, 11) is 0. The van der Waals surface area contributed by atoms with E-state index in [2.05, 4.69) is 27.6 Å². The molecular formula is C17H23N5OS. The van der Waals surface area contributed by atoms with Crippen molar-refractivity contribution < 1.29 is 4.79 Å². The average molecular weight is 345 g/mol. The molecule has 0 unspecified atom stereocenters. The van der Waals surface area contributed by atoms with E-state index in [1.54, 1.807) is 11.0 Å². The second-order valence-corrected chi connectivity index (χ2v) is 7.50. The van der Waals surface area contributed by atoms with Crippen molar-refractivity contribution >= 4 is 17.8 Å². The van der Waals surface area contributed by atoms with E-state index in [4.69, 9.17) is 0 Å². The predicted octanol–water partition coefficient (Wildman–Crippen LogP) is 2.74. The second kappa shape index (κ2) is 8.19. The van der Waals surface area contributed by atoms with E-state index < -0.39 is 0 Å². The molecule has 1 saturated carbocycles. The molecule has 6 nitrogen and oxygen atoms in total. The maximum absolute atomic E-state index is 12.1. The Hall–Kier alpha value is -2.02. The van der Waals surface area contributed by atoms with Crippen LogP contribution < -0.4 is 10.6 Å². The zero-order valence-electron chi connectivity index (χ0n) is 13.8. The van der Waals surface area contributed by atoms with Gasteiger partial charge >= 0.3 is 6.03 Å². The number of urea groups is 1. The van der Waals surface area contributed by atoms with Gasteiger partial charge in [-0.1, -0.05) is 19.1 Å². The fraction of sp³-hybridized carbons (Fsp3) is 0.471. The van der Waals surface area contributed by atoms with E-state index in [9.17, 15) is 4.79 Å². The minimum Gasteiger partial charge on any atom is -0.335 e. The van der Waals surface area contributed by atoms with E-state index in [1.807, 2.05) is 36.0 Å². The van der Waals surface area contributed by atoms with Crippen LogP contribution in [0, 0.1) is 0 Å². The number of thioether (sulfide) groups is 1. The summed E-state index contributed by atoms with van der Waals surface area (Å²) < 4.78 is 1.70. The lowest BCUT2D eigenvalue weighted by Crippen LogP contribution is -2.40. The van der Waals surface area contributed by atoms with Gasteiger partial charge in [0, 0.05) is 17.8 Å². The minimum absolute atomic E-state index is 0.0895. The lowest BCUT2D eigenvalue weighted by molar-refractivity contribution is 0.236. The number of hydrogen-bond donors (Lipinski definition) is 2. The van der Waals surface area contributed by atoms with Crippen LogP contribution in [0.4, 0.5) is 4.79 Å². The lowest BCUT2D eigenvalue weighted by Gasteiger charge is -2.14. The number of carbonyl (C=O) groups is 1. The quantitative estimate of drug-likeness (QED) is 0.844. The van der Waals surface area contributed by atoms with Gasteiger partial charge in [0.15, 0.2) is 0 Å². The Labute approximate surface area is 146 Å². The normalized spacial score (nSPS) is 20.0. The van der Waals surface area contributed by atoms with Crippen LogP contribution in [0.5, 0.6) is 0 Å². The van der Waals surface area contributed by atoms with Gasteiger partial charge in [-0.25, -0.2) is 14.5 Å². The van der Waals surface area contributed by atoms with Crippen LogP contribution in [0.3, 0.4) is 0 Å². The van der Waals surface area contributed by atoms with Gasteiger partial charge in [-0.2, -0.15) is 16.9 Å². The predicted molar refractivity (Wildman–Crippen MR) is 96.3 cm³/mol. The van der Waals surface area contributed by atoms with Gasteiger partial charge in [0.1, 0.15) is 12.7 Å². The Morgan fingerprint density at radius 3 is 3.12 bits per heavy atom. The highest BCUT2D eigenvalue weighted by molar-refractivity contribution is 7.99. The highest BCUT2D eigenvalue weighted by atomic mass is 32.2. The summed E-state index contributed by atoms with van der Waals surface area (Å²) in [6.45, 7) is 2.68. The third-order valence-corrected chi connectivity index (χ3v) is 5.40. The van der Waals surface area contributed by atoms with Gasteiger partial charge in [0.25, 0.3) is 0 Å². The van der Waals surface area contributed by atoms with Crippen LogP contribution in [-0.4, -0.2) is 37.8 Å². The molecule has 2 atom stereocenters. The van der Waals surface area contributed by atoms with Gasteiger partial charge in [-0.15, -0.1) is 0 Å². The van der Waals surface area contributed by atoms with Gasteiger partial charge in [0.05, 0.1) is 5.69 Å². The number of rotatable bonds is 6. The monoisotopic (exact) mass is 345 g/mol. The number of hydrogen-bond acceptors (Lipinski definition) is 4. The molecule has 0 aliphatic heterocycles. The highest BCUT2D eigenvalue weighted by Crippen LogP contribution is 2.29. The summed E-state index contributed by atoms with van der Waals surface area (Å²) in [5.74, 6) is 1.14. The summed E-state index contributed by atoms with van der Waals surface area (Å²) in [6, 6.07) is 8.12. The maximum atomic E-state index is 12.1. The SMILES string of the molecule is CCS[C@@H]1CC[C@H](NC(=O)NCc2cccc(-n3cncn3)c2)C1. The van der Waals surface area contributed by atoms with Crippen molar-refractivity contribution in [3.8, 4) is 5.69 Å². The maximum Gasteiger partial charge on any atom is 0.315 e. The Balaban J connectivity index is 1.47. The van der Waals surface area contributed by atoms with Crippen LogP contribution in [0.25, 0.3) is 5.69 Å². The van der Waals surface area contributed by atoms with Gasteiger partial charge in [-0.05, 0) is 42.7 Å². The molecule has 2 amide bonds. The Bertz CT molecular complexity index is 661. The average Bonchev–Trinajstić information content (AvgIpc) is 3.26. The molecule has 1 aromatic heterocycles. The zero-order chi connectivity index (χ0) is 16.8. The van der Waals surface area contributed by atoms with Gasteiger partial charge < -0.3 is 10.6 Å². The van der Waals surface area contributed by atoms with Crippen molar-refractivity contribution in [2.24, 2.45) is 0 Å². The smallest absolute Gasteiger partial charge is 0.315 e. The van der Waals surface area contributed by atoms with Crippen molar-refractivity contribution in [1.29, 1.82) is 0 Å². The van der Waals surface area contributed by atoms with E-state index in [0.717, 1.165) is 29.8 Å². The number of benzene rings is 1. The molecule has 1 heterocycles. The van der Waals surface area contributed by atoms with Crippen LogP contribution in [-0.2, 0) is 6.54 Å². The molecule has 24 heavy (non-hydrogen) atoms. The molecule has 0 saturated heterocycles. The summed E-state index contributed by atoms with van der Waals surface area (Å²) in [4.78, 5) is 16.0. The van der Waals surface area contributed by atoms with E-state index >= 15 is 0 Å². The molecule has 1 aliphatic carbocycles. The Morgan fingerprint density at radius 2 is 2.33 bits per heavy atom. The third-order valence-electron chi connectivity index (χ3n) is 4.17. The van der Waals surface area contributed by atoms with E-state index in [1.165, 1.54) is 12.7 Å². The molecule has 0 spiro atoms. The Morgan fingerprint density at radius 1 is 1.42 bits per heavy atom. The molecule has 0 bridgehead atoms. The van der Waals surface area contributed by atoms with Gasteiger partial charge in [0.2, 0.25) is 0 Å². The molecule has 1 fully saturated rings. The number of nitrogens with one attached hydrogen (secondary N) is 2. The molecular weight excluding hydrogens is 322 g/mol. The standard InChI is InChI=1S/C17H23N5OS/c1-2-24-16-7-6-14(9-16)21-17(23)19-10-13-4-3-5-15(8-13)22-12-18-11-20-22/h3-5,8,11-12,14,16H,2,6-7,9-10H2,1H3,(H2,19,21,23)/t14-,16+/m0/s1. The van der Waals surface area contributed by atoms with Crippen molar-refractivity contribution in [3.63, 3.8) is 0 Å². The molecule has 1 aliphatic rings. The molecule has 2 aromatic rings. The van der Waals surface area contributed by atoms with E-state index in [0.29, 0.717) is 17.8 Å². The van der Waals surface area contributed by atoms with Crippen LogP contribution >= 0.6 is 11.8 Å². The molecule has 3 rings (SSSR count). The highest BCUT2D eigenvalue weighted by Gasteiger charge is 2.25. The summed E-state index contributed by atoms with van der Waals surface area (Å²) in [5.41, 5.74) is 1.96. The Kier molecular flexibility index (Phi) is 5.74. The van der Waals surface area contributed by atoms with Crippen molar-refractivity contribution in [1.82, 2.24) is 25.4 Å². The fourth-order valence-corrected chi connectivity index (χ4v) is 4.17. The van der Waals surface area contributed by atoms with Crippen LogP contribution in [0.1, 0.15) is 31.7 Å². The van der Waals surface area contributed by atoms with Crippen molar-refractivity contribution in [3.05, 3.63) is 42.5 Å². The third kappa shape index (κ3) is 4.50. The topological polar surface area (TPSA) is 71.8 Å². The molecule has 7 heteroatoms. The number of amides is 2. The first-order valence-electron chi connectivity index (χ1n) is 8.34. The van der Waals surface area contributed by atoms with Gasteiger partial charge in [-0.3, -0.25) is 0 Å². The molecule has 128 valence electrons. The van der Waals surface area contributed by atoms with Crippen molar-refractivity contribution in [2.75, 3.05) is 5.75 Å². The molecule has 2 N–H and O–H groups in total. The first-order chi connectivity index (χ1) is 11.7. The summed E-state index contributed by atoms with van der Waals surface area (Å²) in [6.07, 6.45) is 6.51. The zero-order valence-corrected chi connectivity index (χ0v) is 14.6. The first-order valence-corrected chi connectivity index (χ1v) is 9.39. The van der Waals surface area contributed by atoms with Crippen molar-refractivity contribution in [2.45, 2.75) is 44.0 Å². The molecule has 0 radical (unpaired) electrons. The fourth-order valence-electron chi connectivity index (χ4n) is 3.03. The molecule has 1 aromatic carbocycles. The number of aromatic nitrogens is 3. The number of nitrogens with zero attached hydrogens (tertiary/aromatic N) is 3. The largest absolute Gasteiger partial charge is 0.335 e. The lowest BCUT2D eigenvalue weighted by atomic mass is 10.2. The summed E-state index contributed by atoms with van der Waals surface area (Å²) in [5, 5.41) is 10.8. The second-order valence-electron chi connectivity index (χ2n) is 5.92.